The Morgan fingerprint density at radius 3 is 2.07 bits per heavy atom. The molecule has 0 aromatic heterocycles. The van der Waals surface area contributed by atoms with Gasteiger partial charge in [-0.2, -0.15) is 0 Å². The number of rotatable bonds is 14. The molecule has 174 valence electrons. The zero-order valence-electron chi connectivity index (χ0n) is 19.2. The van der Waals surface area contributed by atoms with Crippen LogP contribution in [0.4, 0.5) is 0 Å². The van der Waals surface area contributed by atoms with E-state index in [2.05, 4.69) is 0 Å². The summed E-state index contributed by atoms with van der Waals surface area (Å²) >= 11 is 0. The van der Waals surface area contributed by atoms with Crippen molar-refractivity contribution in [1.29, 1.82) is 0 Å². The smallest absolute Gasteiger partial charge is 0.397 e. The van der Waals surface area contributed by atoms with E-state index in [-0.39, 0.29) is 0 Å². The quantitative estimate of drug-likeness (QED) is 0.171. The highest BCUT2D eigenvalue weighted by Gasteiger charge is 2.60. The lowest BCUT2D eigenvalue weighted by molar-refractivity contribution is -0.183. The normalized spacial score (nSPS) is 22.2. The highest BCUT2D eigenvalue weighted by atomic mass is 28.4. The van der Waals surface area contributed by atoms with Gasteiger partial charge in [-0.05, 0) is 38.8 Å². The molecule has 0 saturated carbocycles. The SMILES string of the molecule is CCO[SiH](CCCOCC1CO1)OCC.COC1(OC)CCCC[Si]1(OC)OC. The van der Waals surface area contributed by atoms with Gasteiger partial charge in [-0.25, -0.2) is 0 Å². The average Bonchev–Trinajstić information content (AvgIpc) is 3.58. The Balaban J connectivity index is 0.000000291. The molecule has 2 heterocycles. The van der Waals surface area contributed by atoms with Crippen molar-refractivity contribution in [3.63, 3.8) is 0 Å². The Morgan fingerprint density at radius 2 is 1.62 bits per heavy atom. The van der Waals surface area contributed by atoms with Gasteiger partial charge in [0, 0.05) is 54.7 Å². The van der Waals surface area contributed by atoms with Crippen molar-refractivity contribution in [2.24, 2.45) is 0 Å². The van der Waals surface area contributed by atoms with Gasteiger partial charge in [0.1, 0.15) is 6.10 Å². The number of methoxy groups -OCH3 is 2. The molecule has 0 radical (unpaired) electrons. The van der Waals surface area contributed by atoms with Crippen LogP contribution in [0.1, 0.15) is 39.5 Å². The summed E-state index contributed by atoms with van der Waals surface area (Å²) in [6, 6.07) is 1.97. The van der Waals surface area contributed by atoms with E-state index < -0.39 is 23.3 Å². The Bertz CT molecular complexity index is 378. The molecule has 0 spiro atoms. The molecule has 2 rings (SSSR count). The molecule has 2 fully saturated rings. The lowest BCUT2D eigenvalue weighted by Gasteiger charge is -2.46. The molecule has 2 aliphatic heterocycles. The highest BCUT2D eigenvalue weighted by molar-refractivity contribution is 6.70. The molecule has 8 nitrogen and oxygen atoms in total. The summed E-state index contributed by atoms with van der Waals surface area (Å²) in [5.74, 6) is 0. The van der Waals surface area contributed by atoms with Gasteiger partial charge in [-0.15, -0.1) is 0 Å². The molecule has 0 aliphatic carbocycles. The Kier molecular flexibility index (Phi) is 14.0. The molecule has 0 aromatic carbocycles. The maximum atomic E-state index is 5.59. The predicted octanol–water partition coefficient (Wildman–Crippen LogP) is 2.52. The summed E-state index contributed by atoms with van der Waals surface area (Å²) in [6.45, 7) is 7.95. The van der Waals surface area contributed by atoms with Crippen LogP contribution in [0.2, 0.25) is 12.1 Å². The van der Waals surface area contributed by atoms with Gasteiger partial charge in [-0.3, -0.25) is 0 Å². The van der Waals surface area contributed by atoms with Crippen molar-refractivity contribution < 1.29 is 36.7 Å². The highest BCUT2D eigenvalue weighted by Crippen LogP contribution is 2.40. The van der Waals surface area contributed by atoms with E-state index >= 15 is 0 Å². The van der Waals surface area contributed by atoms with Gasteiger partial charge in [-0.1, -0.05) is 6.42 Å². The lowest BCUT2D eigenvalue weighted by atomic mass is 10.2. The van der Waals surface area contributed by atoms with Crippen LogP contribution in [-0.4, -0.2) is 90.8 Å². The number of hydrogen-bond acceptors (Lipinski definition) is 8. The third-order valence-electron chi connectivity index (χ3n) is 5.30. The second-order valence-electron chi connectivity index (χ2n) is 7.04. The summed E-state index contributed by atoms with van der Waals surface area (Å²) in [7, 11) is 2.95. The van der Waals surface area contributed by atoms with Gasteiger partial charge >= 0.3 is 17.8 Å². The molecular weight excluding hydrogens is 412 g/mol. The van der Waals surface area contributed by atoms with Gasteiger partial charge in [0.25, 0.3) is 0 Å². The molecule has 1 unspecified atom stereocenters. The monoisotopic (exact) mass is 454 g/mol. The fourth-order valence-corrected chi connectivity index (χ4v) is 8.76. The third-order valence-corrected chi connectivity index (χ3v) is 11.7. The van der Waals surface area contributed by atoms with Gasteiger partial charge < -0.3 is 36.7 Å². The minimum absolute atomic E-state index is 0.372. The minimum atomic E-state index is -2.35. The first-order valence-corrected chi connectivity index (χ1v) is 14.5. The van der Waals surface area contributed by atoms with Crippen LogP contribution in [0.5, 0.6) is 0 Å². The zero-order valence-corrected chi connectivity index (χ0v) is 21.4. The predicted molar refractivity (Wildman–Crippen MR) is 116 cm³/mol. The topological polar surface area (TPSA) is 77.1 Å². The zero-order chi connectivity index (χ0) is 21.6. The first-order valence-electron chi connectivity index (χ1n) is 10.7. The maximum Gasteiger partial charge on any atom is 0.399 e. The molecule has 0 amide bonds. The van der Waals surface area contributed by atoms with Crippen LogP contribution in [0, 0.1) is 0 Å². The standard InChI is InChI=1S/C10H22O4Si.C9H20O4Si/c1-3-13-15(14-4-2)7-5-6-11-8-10-9-12-10;1-10-9(11-2)7-5-6-8-14(9,12-3)13-4/h10,15H,3-9H2,1-2H3;5-8H2,1-4H3. The van der Waals surface area contributed by atoms with Crippen LogP contribution in [0.3, 0.4) is 0 Å². The number of hydrogen-bond donors (Lipinski definition) is 0. The van der Waals surface area contributed by atoms with Crippen LogP contribution in [-0.2, 0) is 36.7 Å². The molecule has 2 saturated heterocycles. The summed E-state index contributed by atoms with van der Waals surface area (Å²) in [5.41, 5.74) is -0.630. The molecule has 10 heteroatoms. The van der Waals surface area contributed by atoms with E-state index in [0.29, 0.717) is 6.10 Å². The van der Waals surface area contributed by atoms with E-state index in [1.165, 1.54) is 0 Å². The first kappa shape index (κ1) is 27.1. The van der Waals surface area contributed by atoms with Crippen molar-refractivity contribution >= 4 is 17.8 Å². The van der Waals surface area contributed by atoms with Crippen LogP contribution in [0.15, 0.2) is 0 Å². The van der Waals surface area contributed by atoms with Gasteiger partial charge in [0.05, 0.1) is 13.2 Å². The van der Waals surface area contributed by atoms with Crippen LogP contribution in [0.25, 0.3) is 0 Å². The second-order valence-corrected chi connectivity index (χ2v) is 12.7. The second kappa shape index (κ2) is 15.0. The molecule has 0 aromatic rings. The molecule has 1 atom stereocenters. The van der Waals surface area contributed by atoms with E-state index in [1.807, 2.05) is 13.8 Å². The fourth-order valence-electron chi connectivity index (χ4n) is 3.61. The van der Waals surface area contributed by atoms with Crippen molar-refractivity contribution in [3.05, 3.63) is 0 Å². The molecule has 29 heavy (non-hydrogen) atoms. The van der Waals surface area contributed by atoms with Crippen LogP contribution >= 0.6 is 0 Å². The van der Waals surface area contributed by atoms with Gasteiger partial charge in [0.15, 0.2) is 0 Å². The van der Waals surface area contributed by atoms with Crippen molar-refractivity contribution in [1.82, 2.24) is 0 Å². The maximum absolute atomic E-state index is 5.59. The largest absolute Gasteiger partial charge is 0.399 e. The Labute approximate surface area is 179 Å². The molecule has 0 bridgehead atoms. The lowest BCUT2D eigenvalue weighted by Crippen LogP contribution is -2.65. The summed E-state index contributed by atoms with van der Waals surface area (Å²) < 4.78 is 43.8. The molecule has 0 N–H and O–H groups in total. The van der Waals surface area contributed by atoms with Crippen molar-refractivity contribution in [2.75, 3.05) is 61.5 Å². The molecule has 2 aliphatic rings. The van der Waals surface area contributed by atoms with E-state index in [4.69, 9.17) is 36.7 Å². The average molecular weight is 455 g/mol. The Morgan fingerprint density at radius 1 is 1.00 bits per heavy atom. The minimum Gasteiger partial charge on any atom is -0.397 e. The first-order chi connectivity index (χ1) is 14.1. The summed E-state index contributed by atoms with van der Waals surface area (Å²) in [4.78, 5) is 0. The van der Waals surface area contributed by atoms with Crippen LogP contribution < -0.4 is 0 Å². The van der Waals surface area contributed by atoms with E-state index in [0.717, 1.165) is 70.8 Å². The van der Waals surface area contributed by atoms with E-state index in [9.17, 15) is 0 Å². The Hall–Kier alpha value is 0.114. The fraction of sp³-hybridized carbons (Fsp3) is 1.00. The van der Waals surface area contributed by atoms with Crippen molar-refractivity contribution in [3.8, 4) is 0 Å². The van der Waals surface area contributed by atoms with E-state index in [1.54, 1.807) is 28.4 Å². The molecular formula is C19H42O8Si2. The van der Waals surface area contributed by atoms with Crippen molar-refractivity contribution in [2.45, 2.75) is 63.1 Å². The summed E-state index contributed by atoms with van der Waals surface area (Å²) in [5, 5.41) is 0. The number of epoxide rings is 1. The summed E-state index contributed by atoms with van der Waals surface area (Å²) in [6.07, 6.45) is 4.49. The number of ether oxygens (including phenoxy) is 4. The van der Waals surface area contributed by atoms with Gasteiger partial charge in [0.2, 0.25) is 5.41 Å². The third kappa shape index (κ3) is 8.64.